The second kappa shape index (κ2) is 18.1. The summed E-state index contributed by atoms with van der Waals surface area (Å²) in [5, 5.41) is 12.7. The maximum atomic E-state index is 13.4. The second-order valence-electron chi connectivity index (χ2n) is 10.3. The molecule has 0 saturated carbocycles. The van der Waals surface area contributed by atoms with Gasteiger partial charge in [-0.2, -0.15) is 0 Å². The number of carbonyl (C=O) groups is 8. The van der Waals surface area contributed by atoms with E-state index in [4.69, 9.17) is 28.4 Å². The second-order valence-corrected chi connectivity index (χ2v) is 10.3. The van der Waals surface area contributed by atoms with E-state index in [1.807, 2.05) is 10.9 Å². The Morgan fingerprint density at radius 1 is 0.635 bits per heavy atom. The van der Waals surface area contributed by atoms with Gasteiger partial charge in [0, 0.05) is 31.5 Å². The first-order valence-corrected chi connectivity index (χ1v) is 15.0. The van der Waals surface area contributed by atoms with Gasteiger partial charge in [-0.3, -0.25) is 34.8 Å². The van der Waals surface area contributed by atoms with Gasteiger partial charge in [-0.15, -0.1) is 0 Å². The number of rotatable bonds is 14. The van der Waals surface area contributed by atoms with Crippen molar-refractivity contribution in [2.24, 2.45) is 0 Å². The van der Waals surface area contributed by atoms with Crippen LogP contribution in [0, 0.1) is 0 Å². The summed E-state index contributed by atoms with van der Waals surface area (Å²) in [6, 6.07) is 12.2. The van der Waals surface area contributed by atoms with Crippen LogP contribution < -0.4 is 35.1 Å². The minimum atomic E-state index is -2.52. The molecule has 0 fully saturated rings. The van der Waals surface area contributed by atoms with Crippen LogP contribution >= 0.6 is 0 Å². The van der Waals surface area contributed by atoms with Gasteiger partial charge in [-0.25, -0.2) is 14.4 Å². The molecule has 3 amide bonds. The summed E-state index contributed by atoms with van der Waals surface area (Å²) in [5.41, 5.74) is 3.75. The lowest BCUT2D eigenvalue weighted by Gasteiger charge is -2.24. The van der Waals surface area contributed by atoms with E-state index in [1.54, 1.807) is 6.92 Å². The van der Waals surface area contributed by atoms with Crippen LogP contribution in [-0.2, 0) is 33.4 Å². The number of carbonyl (C=O) groups excluding carboxylic acids is 7. The summed E-state index contributed by atoms with van der Waals surface area (Å²) in [5.74, 6) is -8.96. The lowest BCUT2D eigenvalue weighted by molar-refractivity contribution is -0.159. The summed E-state index contributed by atoms with van der Waals surface area (Å²) in [4.78, 5) is 99.5. The Morgan fingerprint density at radius 2 is 1.10 bits per heavy atom. The summed E-state index contributed by atoms with van der Waals surface area (Å²) in [7, 11) is 2.41. The highest BCUT2D eigenvalue weighted by Gasteiger charge is 2.41. The molecule has 0 unspecified atom stereocenters. The molecule has 0 radical (unpaired) electrons. The molecule has 0 aliphatic rings. The Bertz CT molecular complexity index is 1870. The van der Waals surface area contributed by atoms with Gasteiger partial charge in [-0.05, 0) is 60.7 Å². The molecule has 0 heterocycles. The fraction of sp³-hybridized carbons (Fsp3) is 0.235. The molecule has 0 aliphatic heterocycles. The fourth-order valence-corrected chi connectivity index (χ4v) is 4.14. The number of carboxylic acids is 1. The van der Waals surface area contributed by atoms with Gasteiger partial charge in [0.1, 0.15) is 0 Å². The molecule has 3 aromatic carbocycles. The van der Waals surface area contributed by atoms with Crippen LogP contribution in [0.1, 0.15) is 58.3 Å². The zero-order valence-electron chi connectivity index (χ0n) is 28.3. The molecule has 18 nitrogen and oxygen atoms in total. The molecule has 18 heteroatoms. The number of benzene rings is 3. The van der Waals surface area contributed by atoms with E-state index in [9.17, 15) is 43.5 Å². The summed E-state index contributed by atoms with van der Waals surface area (Å²) in [6.07, 6.45) is -4.74. The number of aliphatic carboxylic acids is 1. The van der Waals surface area contributed by atoms with E-state index in [0.29, 0.717) is 5.69 Å². The average Bonchev–Trinajstić information content (AvgIpc) is 3.11. The van der Waals surface area contributed by atoms with Crippen LogP contribution in [0.5, 0.6) is 23.0 Å². The monoisotopic (exact) mass is 723 g/mol. The van der Waals surface area contributed by atoms with Crippen molar-refractivity contribution in [3.05, 3.63) is 77.4 Å². The minimum absolute atomic E-state index is 0.00401. The van der Waals surface area contributed by atoms with Crippen molar-refractivity contribution in [1.82, 2.24) is 10.9 Å². The highest BCUT2D eigenvalue weighted by atomic mass is 16.6. The Kier molecular flexibility index (Phi) is 13.8. The molecular weight excluding hydrogens is 690 g/mol. The maximum absolute atomic E-state index is 13.4. The number of amides is 3. The lowest BCUT2D eigenvalue weighted by atomic mass is 10.1. The van der Waals surface area contributed by atoms with Crippen LogP contribution in [0.4, 0.5) is 5.69 Å². The molecule has 4 N–H and O–H groups in total. The van der Waals surface area contributed by atoms with Gasteiger partial charge in [0.2, 0.25) is 18.1 Å². The molecular formula is C34H33N3O15. The van der Waals surface area contributed by atoms with Crippen LogP contribution in [0.3, 0.4) is 0 Å². The van der Waals surface area contributed by atoms with Crippen LogP contribution in [0.15, 0.2) is 60.7 Å². The third kappa shape index (κ3) is 10.8. The van der Waals surface area contributed by atoms with Crippen molar-refractivity contribution in [2.75, 3.05) is 19.5 Å². The average molecular weight is 724 g/mol. The topological polar surface area (TPSA) is 248 Å². The number of methoxy groups -OCH3 is 2. The zero-order chi connectivity index (χ0) is 38.5. The van der Waals surface area contributed by atoms with Crippen molar-refractivity contribution < 1.29 is 71.9 Å². The highest BCUT2D eigenvalue weighted by molar-refractivity contribution is 6.00. The van der Waals surface area contributed by atoms with Crippen molar-refractivity contribution in [3.8, 4) is 23.0 Å². The molecule has 0 saturated heterocycles. The third-order valence-electron chi connectivity index (χ3n) is 6.60. The standard InChI is InChI=1S/C34H33N3O15/c1-6-27(40)35-22-11-7-19(8-12-22)30(41)36-37-31(42)28(51-33(45)20-9-13-23(49-17(2)38)25(15-20)47-4)29(32(43)44)52-34(46)21-10-14-24(50-18(3)39)26(16-21)48-5/h7-16,28-29H,6H2,1-5H3,(H,35,40)(H,36,41)(H,37,42)(H,43,44)/t28-,29-/m1/s1. The van der Waals surface area contributed by atoms with Crippen LogP contribution in [0.2, 0.25) is 0 Å². The van der Waals surface area contributed by atoms with E-state index in [-0.39, 0.29) is 52.0 Å². The van der Waals surface area contributed by atoms with E-state index in [2.05, 4.69) is 5.32 Å². The van der Waals surface area contributed by atoms with Gasteiger partial charge in [0.05, 0.1) is 25.3 Å². The van der Waals surface area contributed by atoms with Crippen molar-refractivity contribution in [1.29, 1.82) is 0 Å². The summed E-state index contributed by atoms with van der Waals surface area (Å²) < 4.78 is 30.6. The Balaban J connectivity index is 1.92. The molecule has 3 aromatic rings. The van der Waals surface area contributed by atoms with Gasteiger partial charge >= 0.3 is 29.8 Å². The normalized spacial score (nSPS) is 11.4. The SMILES string of the molecule is CCC(=O)Nc1ccc(C(=O)NNC(=O)[C@H](OC(=O)c2ccc(OC(C)=O)c(OC)c2)[C@@H](OC(=O)c2ccc(OC(C)=O)c(OC)c2)C(=O)O)cc1. The maximum Gasteiger partial charge on any atom is 0.349 e. The molecule has 0 spiro atoms. The number of carboxylic acid groups (broad SMARTS) is 1. The first-order chi connectivity index (χ1) is 24.7. The number of ether oxygens (including phenoxy) is 6. The number of esters is 4. The van der Waals surface area contributed by atoms with E-state index >= 15 is 0 Å². The molecule has 0 aromatic heterocycles. The third-order valence-corrected chi connectivity index (χ3v) is 6.60. The molecule has 52 heavy (non-hydrogen) atoms. The van der Waals surface area contributed by atoms with Gasteiger partial charge < -0.3 is 38.8 Å². The van der Waals surface area contributed by atoms with E-state index in [0.717, 1.165) is 38.1 Å². The lowest BCUT2D eigenvalue weighted by Crippen LogP contribution is -2.54. The zero-order valence-corrected chi connectivity index (χ0v) is 28.3. The largest absolute Gasteiger partial charge is 0.493 e. The number of hydrogen-bond acceptors (Lipinski definition) is 14. The van der Waals surface area contributed by atoms with Crippen LogP contribution in [-0.4, -0.2) is 79.1 Å². The quantitative estimate of drug-likeness (QED) is 0.106. The predicted octanol–water partition coefficient (Wildman–Crippen LogP) is 2.20. The van der Waals surface area contributed by atoms with E-state index in [1.165, 1.54) is 50.6 Å². The number of hydrogen-bond donors (Lipinski definition) is 4. The highest BCUT2D eigenvalue weighted by Crippen LogP contribution is 2.30. The van der Waals surface area contributed by atoms with Crippen molar-refractivity contribution in [2.45, 2.75) is 39.4 Å². The molecule has 2 atom stereocenters. The number of nitrogens with one attached hydrogen (secondary N) is 3. The molecule has 0 aliphatic carbocycles. The molecule has 3 rings (SSSR count). The fourth-order valence-electron chi connectivity index (χ4n) is 4.14. The summed E-state index contributed by atoms with van der Waals surface area (Å²) >= 11 is 0. The van der Waals surface area contributed by atoms with Gasteiger partial charge in [0.25, 0.3) is 11.8 Å². The van der Waals surface area contributed by atoms with E-state index < -0.39 is 53.9 Å². The van der Waals surface area contributed by atoms with Gasteiger partial charge in [0.15, 0.2) is 23.0 Å². The van der Waals surface area contributed by atoms with Crippen molar-refractivity contribution >= 4 is 53.3 Å². The number of anilines is 1. The summed E-state index contributed by atoms with van der Waals surface area (Å²) in [6.45, 7) is 3.91. The predicted molar refractivity (Wildman–Crippen MR) is 176 cm³/mol. The van der Waals surface area contributed by atoms with Crippen molar-refractivity contribution in [3.63, 3.8) is 0 Å². The first-order valence-electron chi connectivity index (χ1n) is 15.0. The number of hydrazine groups is 1. The Morgan fingerprint density at radius 3 is 1.52 bits per heavy atom. The van der Waals surface area contributed by atoms with Gasteiger partial charge in [-0.1, -0.05) is 6.92 Å². The molecule has 274 valence electrons. The minimum Gasteiger partial charge on any atom is -0.493 e. The molecule has 0 bridgehead atoms. The smallest absolute Gasteiger partial charge is 0.349 e. The van der Waals surface area contributed by atoms with Crippen LogP contribution in [0.25, 0.3) is 0 Å². The Hall–Kier alpha value is -6.98. The first kappa shape index (κ1) is 39.5. The Labute approximate surface area is 295 Å².